The molecule has 1 amide bonds. The average molecular weight is 260 g/mol. The van der Waals surface area contributed by atoms with Crippen molar-refractivity contribution in [3.63, 3.8) is 0 Å². The van der Waals surface area contributed by atoms with E-state index >= 15 is 0 Å². The van der Waals surface area contributed by atoms with E-state index in [1.165, 1.54) is 6.92 Å². The summed E-state index contributed by atoms with van der Waals surface area (Å²) in [5, 5.41) is 2.77. The van der Waals surface area contributed by atoms with Crippen molar-refractivity contribution >= 4 is 22.8 Å². The van der Waals surface area contributed by atoms with Gasteiger partial charge >= 0.3 is 0 Å². The third-order valence-electron chi connectivity index (χ3n) is 2.75. The Labute approximate surface area is 111 Å². The smallest absolute Gasteiger partial charge is 0.220 e. The first-order valence-electron chi connectivity index (χ1n) is 6.17. The van der Waals surface area contributed by atoms with Gasteiger partial charge in [-0.25, -0.2) is 4.98 Å². The molecule has 1 aromatic carbocycles. The zero-order chi connectivity index (χ0) is 13.8. The highest BCUT2D eigenvalue weighted by Gasteiger charge is 2.06. The molecular formula is C14H16N2O3. The molecule has 1 N–H and O–H groups in total. The maximum absolute atomic E-state index is 11.5. The number of aryl methyl sites for hydroxylation is 1. The lowest BCUT2D eigenvalue weighted by atomic mass is 10.2. The normalized spacial score (nSPS) is 10.6. The van der Waals surface area contributed by atoms with Gasteiger partial charge in [0, 0.05) is 26.3 Å². The number of oxazole rings is 1. The number of ketones is 1. The van der Waals surface area contributed by atoms with Gasteiger partial charge in [-0.15, -0.1) is 0 Å². The van der Waals surface area contributed by atoms with E-state index < -0.39 is 0 Å². The molecule has 0 unspecified atom stereocenters. The Morgan fingerprint density at radius 1 is 1.32 bits per heavy atom. The molecule has 0 saturated heterocycles. The number of nitrogens with zero attached hydrogens (tertiary/aromatic N) is 1. The number of nitrogens with one attached hydrogen (secondary N) is 1. The van der Waals surface area contributed by atoms with Crippen molar-refractivity contribution in [2.24, 2.45) is 0 Å². The van der Waals surface area contributed by atoms with E-state index in [-0.39, 0.29) is 24.5 Å². The predicted molar refractivity (Wildman–Crippen MR) is 70.5 cm³/mol. The fraction of sp³-hybridized carbons (Fsp3) is 0.357. The highest BCUT2D eigenvalue weighted by atomic mass is 16.3. The molecule has 1 aromatic heterocycles. The van der Waals surface area contributed by atoms with Crippen molar-refractivity contribution in [1.82, 2.24) is 10.3 Å². The summed E-state index contributed by atoms with van der Waals surface area (Å²) in [5.41, 5.74) is 2.47. The molecule has 2 rings (SSSR count). The molecule has 0 atom stereocenters. The Kier molecular flexibility index (Phi) is 3.94. The molecule has 5 heteroatoms. The Balaban J connectivity index is 1.94. The molecule has 0 aliphatic rings. The summed E-state index contributed by atoms with van der Waals surface area (Å²) in [7, 11) is 0. The molecule has 100 valence electrons. The van der Waals surface area contributed by atoms with Gasteiger partial charge in [-0.3, -0.25) is 4.79 Å². The number of aromatic nitrogens is 1. The molecule has 2 aromatic rings. The Hall–Kier alpha value is -2.17. The number of amides is 1. The van der Waals surface area contributed by atoms with Crippen LogP contribution in [0.1, 0.15) is 31.2 Å². The Bertz CT molecular complexity index is 616. The summed E-state index contributed by atoms with van der Waals surface area (Å²) < 4.78 is 5.43. The fourth-order valence-electron chi connectivity index (χ4n) is 1.77. The third-order valence-corrected chi connectivity index (χ3v) is 2.75. The van der Waals surface area contributed by atoms with Gasteiger partial charge in [0.1, 0.15) is 11.3 Å². The van der Waals surface area contributed by atoms with E-state index in [0.29, 0.717) is 18.0 Å². The molecule has 0 aliphatic heterocycles. The zero-order valence-corrected chi connectivity index (χ0v) is 11.0. The highest BCUT2D eigenvalue weighted by molar-refractivity contribution is 5.83. The van der Waals surface area contributed by atoms with E-state index in [0.717, 1.165) is 11.1 Å². The maximum Gasteiger partial charge on any atom is 0.220 e. The maximum atomic E-state index is 11.5. The second-order valence-corrected chi connectivity index (χ2v) is 4.51. The van der Waals surface area contributed by atoms with Gasteiger partial charge in [-0.1, -0.05) is 6.07 Å². The first-order chi connectivity index (χ1) is 9.04. The van der Waals surface area contributed by atoms with Crippen LogP contribution in [0.5, 0.6) is 0 Å². The summed E-state index contributed by atoms with van der Waals surface area (Å²) >= 11 is 0. The van der Waals surface area contributed by atoms with Gasteiger partial charge in [0.05, 0.1) is 0 Å². The predicted octanol–water partition coefficient (Wildman–Crippen LogP) is 2.12. The fourth-order valence-corrected chi connectivity index (χ4v) is 1.77. The van der Waals surface area contributed by atoms with Gasteiger partial charge in [0.15, 0.2) is 11.5 Å². The lowest BCUT2D eigenvalue weighted by Gasteiger charge is -2.04. The van der Waals surface area contributed by atoms with Crippen LogP contribution in [0.2, 0.25) is 0 Å². The molecule has 0 radical (unpaired) electrons. The summed E-state index contributed by atoms with van der Waals surface area (Å²) in [4.78, 5) is 26.5. The van der Waals surface area contributed by atoms with E-state index in [1.807, 2.05) is 18.2 Å². The third kappa shape index (κ3) is 3.64. The number of fused-ring (bicyclic) bond motifs is 1. The number of carbonyl (C=O) groups excluding carboxylic acids is 2. The highest BCUT2D eigenvalue weighted by Crippen LogP contribution is 2.16. The standard InChI is InChI=1S/C14H16N2O3/c1-9(17)3-6-14(18)15-8-11-4-5-12-13(7-11)19-10(2)16-12/h4-5,7H,3,6,8H2,1-2H3,(H,15,18). The van der Waals surface area contributed by atoms with Crippen molar-refractivity contribution in [3.8, 4) is 0 Å². The lowest BCUT2D eigenvalue weighted by Crippen LogP contribution is -2.22. The second-order valence-electron chi connectivity index (χ2n) is 4.51. The van der Waals surface area contributed by atoms with Crippen LogP contribution in [0, 0.1) is 6.92 Å². The molecule has 0 saturated carbocycles. The molecular weight excluding hydrogens is 244 g/mol. The zero-order valence-electron chi connectivity index (χ0n) is 11.0. The van der Waals surface area contributed by atoms with E-state index in [1.54, 1.807) is 6.92 Å². The molecule has 0 aliphatic carbocycles. The molecule has 5 nitrogen and oxygen atoms in total. The monoisotopic (exact) mass is 260 g/mol. The van der Waals surface area contributed by atoms with Crippen molar-refractivity contribution in [1.29, 1.82) is 0 Å². The minimum Gasteiger partial charge on any atom is -0.441 e. The average Bonchev–Trinajstić information content (AvgIpc) is 2.73. The van der Waals surface area contributed by atoms with E-state index in [2.05, 4.69) is 10.3 Å². The van der Waals surface area contributed by atoms with Gasteiger partial charge in [0.25, 0.3) is 0 Å². The van der Waals surface area contributed by atoms with Crippen LogP contribution in [-0.2, 0) is 16.1 Å². The molecule has 0 bridgehead atoms. The largest absolute Gasteiger partial charge is 0.441 e. The van der Waals surface area contributed by atoms with Crippen molar-refractivity contribution in [2.45, 2.75) is 33.2 Å². The summed E-state index contributed by atoms with van der Waals surface area (Å²) in [5.74, 6) is 0.524. The van der Waals surface area contributed by atoms with E-state index in [9.17, 15) is 9.59 Å². The SMILES string of the molecule is CC(=O)CCC(=O)NCc1ccc2nc(C)oc2c1. The summed E-state index contributed by atoms with van der Waals surface area (Å²) in [6, 6.07) is 5.62. The second kappa shape index (κ2) is 5.65. The van der Waals surface area contributed by atoms with Crippen molar-refractivity contribution < 1.29 is 14.0 Å². The molecule has 0 fully saturated rings. The topological polar surface area (TPSA) is 72.2 Å². The Morgan fingerprint density at radius 3 is 2.84 bits per heavy atom. The van der Waals surface area contributed by atoms with Crippen LogP contribution in [0.25, 0.3) is 11.1 Å². The number of hydrogen-bond acceptors (Lipinski definition) is 4. The van der Waals surface area contributed by atoms with Gasteiger partial charge in [-0.05, 0) is 24.6 Å². The first kappa shape index (κ1) is 13.3. The number of carbonyl (C=O) groups is 2. The number of benzene rings is 1. The lowest BCUT2D eigenvalue weighted by molar-refractivity contribution is -0.124. The number of hydrogen-bond donors (Lipinski definition) is 1. The van der Waals surface area contributed by atoms with Crippen LogP contribution in [0.3, 0.4) is 0 Å². The minimum atomic E-state index is -0.121. The summed E-state index contributed by atoms with van der Waals surface area (Å²) in [6.45, 7) is 3.70. The minimum absolute atomic E-state index is 0.0219. The van der Waals surface area contributed by atoms with Crippen LogP contribution in [-0.4, -0.2) is 16.7 Å². The quantitative estimate of drug-likeness (QED) is 0.893. The molecule has 0 spiro atoms. The molecule has 19 heavy (non-hydrogen) atoms. The van der Waals surface area contributed by atoms with Crippen LogP contribution < -0.4 is 5.32 Å². The van der Waals surface area contributed by atoms with Crippen molar-refractivity contribution in [2.75, 3.05) is 0 Å². The molecule has 1 heterocycles. The van der Waals surface area contributed by atoms with Crippen LogP contribution >= 0.6 is 0 Å². The number of Topliss-reactive ketones (excluding diaryl/α,β-unsaturated/α-hetero) is 1. The Morgan fingerprint density at radius 2 is 2.11 bits per heavy atom. The first-order valence-corrected chi connectivity index (χ1v) is 6.17. The van der Waals surface area contributed by atoms with Gasteiger partial charge in [0.2, 0.25) is 5.91 Å². The van der Waals surface area contributed by atoms with Crippen LogP contribution in [0.15, 0.2) is 22.6 Å². The van der Waals surface area contributed by atoms with Gasteiger partial charge in [-0.2, -0.15) is 0 Å². The summed E-state index contributed by atoms with van der Waals surface area (Å²) in [6.07, 6.45) is 0.519. The van der Waals surface area contributed by atoms with Crippen molar-refractivity contribution in [3.05, 3.63) is 29.7 Å². The van der Waals surface area contributed by atoms with E-state index in [4.69, 9.17) is 4.42 Å². The van der Waals surface area contributed by atoms with Gasteiger partial charge < -0.3 is 14.5 Å². The van der Waals surface area contributed by atoms with Crippen LogP contribution in [0.4, 0.5) is 0 Å². The number of rotatable bonds is 5.